The average molecular weight is 190 g/mol. The summed E-state index contributed by atoms with van der Waals surface area (Å²) >= 11 is 0. The summed E-state index contributed by atoms with van der Waals surface area (Å²) in [5.41, 5.74) is 1.65. The molecule has 14 heavy (non-hydrogen) atoms. The molecule has 0 unspecified atom stereocenters. The molecular weight excluding hydrogens is 180 g/mol. The van der Waals surface area contributed by atoms with Gasteiger partial charge in [0.15, 0.2) is 0 Å². The minimum atomic E-state index is -0.368. The number of aromatic nitrogens is 1. The van der Waals surface area contributed by atoms with E-state index in [1.54, 1.807) is 19.1 Å². The summed E-state index contributed by atoms with van der Waals surface area (Å²) in [5.74, 6) is -0.368. The minimum absolute atomic E-state index is 0.0900. The van der Waals surface area contributed by atoms with Crippen LogP contribution in [0.5, 0.6) is 0 Å². The molecule has 1 rings (SSSR count). The summed E-state index contributed by atoms with van der Waals surface area (Å²) in [6.45, 7) is 1.79. The molecule has 0 aliphatic rings. The second kappa shape index (κ2) is 4.38. The lowest BCUT2D eigenvalue weighted by molar-refractivity contribution is -0.139. The zero-order chi connectivity index (χ0) is 10.6. The second-order valence-electron chi connectivity index (χ2n) is 2.83. The van der Waals surface area contributed by atoms with Crippen LogP contribution in [0.25, 0.3) is 0 Å². The number of nitrogens with zero attached hydrogens (tertiary/aromatic N) is 2. The van der Waals surface area contributed by atoms with Gasteiger partial charge < -0.3 is 4.74 Å². The Hall–Kier alpha value is -1.89. The number of carbonyl (C=O) groups is 1. The first-order valence-electron chi connectivity index (χ1n) is 4.11. The number of esters is 1. The summed E-state index contributed by atoms with van der Waals surface area (Å²) < 4.78 is 4.51. The molecule has 0 spiro atoms. The Bertz CT molecular complexity index is 394. The minimum Gasteiger partial charge on any atom is -0.469 e. The first-order valence-corrected chi connectivity index (χ1v) is 4.11. The van der Waals surface area contributed by atoms with E-state index >= 15 is 0 Å². The quantitative estimate of drug-likeness (QED) is 0.652. The summed E-state index contributed by atoms with van der Waals surface area (Å²) in [6.07, 6.45) is 0.0900. The van der Waals surface area contributed by atoms with Crippen LogP contribution in [0.1, 0.15) is 17.0 Å². The number of hydrogen-bond donors (Lipinski definition) is 0. The van der Waals surface area contributed by atoms with Crippen LogP contribution in [0.15, 0.2) is 12.1 Å². The van der Waals surface area contributed by atoms with Crippen molar-refractivity contribution in [2.24, 2.45) is 0 Å². The van der Waals surface area contributed by atoms with Gasteiger partial charge in [0.1, 0.15) is 11.8 Å². The van der Waals surface area contributed by atoms with E-state index in [-0.39, 0.29) is 18.1 Å². The number of nitriles is 1. The van der Waals surface area contributed by atoms with Gasteiger partial charge >= 0.3 is 5.97 Å². The van der Waals surface area contributed by atoms with Crippen LogP contribution in [0.4, 0.5) is 0 Å². The zero-order valence-electron chi connectivity index (χ0n) is 8.07. The standard InChI is InChI=1S/C10H10N2O2/c1-7-3-4-8(5-10(13)14-2)9(6-11)12-7/h3-4H,5H2,1-2H3. The van der Waals surface area contributed by atoms with Crippen LogP contribution in [-0.2, 0) is 16.0 Å². The van der Waals surface area contributed by atoms with E-state index in [2.05, 4.69) is 9.72 Å². The van der Waals surface area contributed by atoms with E-state index in [1.807, 2.05) is 6.07 Å². The predicted octanol–water partition coefficient (Wildman–Crippen LogP) is 0.977. The first kappa shape index (κ1) is 10.2. The molecule has 72 valence electrons. The molecule has 0 saturated heterocycles. The number of methoxy groups -OCH3 is 1. The highest BCUT2D eigenvalue weighted by atomic mass is 16.5. The highest BCUT2D eigenvalue weighted by Gasteiger charge is 2.08. The lowest BCUT2D eigenvalue weighted by atomic mass is 10.1. The molecule has 1 aromatic heterocycles. The largest absolute Gasteiger partial charge is 0.469 e. The zero-order valence-corrected chi connectivity index (χ0v) is 8.07. The van der Waals surface area contributed by atoms with Crippen LogP contribution in [0.3, 0.4) is 0 Å². The fourth-order valence-corrected chi connectivity index (χ4v) is 1.05. The van der Waals surface area contributed by atoms with Crippen molar-refractivity contribution >= 4 is 5.97 Å². The highest BCUT2D eigenvalue weighted by Crippen LogP contribution is 2.07. The summed E-state index contributed by atoms with van der Waals surface area (Å²) in [5, 5.41) is 8.76. The molecule has 1 aromatic rings. The number of carbonyl (C=O) groups excluding carboxylic acids is 1. The van der Waals surface area contributed by atoms with Crippen LogP contribution in [0.2, 0.25) is 0 Å². The smallest absolute Gasteiger partial charge is 0.310 e. The van der Waals surface area contributed by atoms with Crippen molar-refractivity contribution < 1.29 is 9.53 Å². The van der Waals surface area contributed by atoms with Gasteiger partial charge in [-0.15, -0.1) is 0 Å². The van der Waals surface area contributed by atoms with Crippen LogP contribution in [-0.4, -0.2) is 18.1 Å². The van der Waals surface area contributed by atoms with Gasteiger partial charge in [-0.1, -0.05) is 6.07 Å². The van der Waals surface area contributed by atoms with E-state index in [0.717, 1.165) is 5.69 Å². The van der Waals surface area contributed by atoms with Gasteiger partial charge in [0.05, 0.1) is 13.5 Å². The van der Waals surface area contributed by atoms with Crippen molar-refractivity contribution in [1.82, 2.24) is 4.98 Å². The van der Waals surface area contributed by atoms with Gasteiger partial charge in [-0.3, -0.25) is 4.79 Å². The van der Waals surface area contributed by atoms with Crippen molar-refractivity contribution in [1.29, 1.82) is 5.26 Å². The maximum atomic E-state index is 11.0. The molecule has 0 bridgehead atoms. The lowest BCUT2D eigenvalue weighted by Crippen LogP contribution is -2.07. The fourth-order valence-electron chi connectivity index (χ4n) is 1.05. The van der Waals surface area contributed by atoms with Gasteiger partial charge in [-0.25, -0.2) is 4.98 Å². The van der Waals surface area contributed by atoms with Crippen LogP contribution in [0, 0.1) is 18.3 Å². The molecule has 0 fully saturated rings. The maximum Gasteiger partial charge on any atom is 0.310 e. The Morgan fingerprint density at radius 2 is 2.36 bits per heavy atom. The molecule has 0 aliphatic carbocycles. The van der Waals surface area contributed by atoms with Gasteiger partial charge in [0.25, 0.3) is 0 Å². The first-order chi connectivity index (χ1) is 6.67. The summed E-state index contributed by atoms with van der Waals surface area (Å²) in [7, 11) is 1.32. The normalized spacial score (nSPS) is 9.21. The number of aryl methyl sites for hydroxylation is 1. The Morgan fingerprint density at radius 1 is 1.64 bits per heavy atom. The highest BCUT2D eigenvalue weighted by molar-refractivity contribution is 5.73. The van der Waals surface area contributed by atoms with Gasteiger partial charge in [-0.05, 0) is 18.6 Å². The van der Waals surface area contributed by atoms with E-state index in [1.165, 1.54) is 7.11 Å². The molecule has 4 heteroatoms. The Morgan fingerprint density at radius 3 is 2.93 bits per heavy atom. The van der Waals surface area contributed by atoms with Crippen LogP contribution >= 0.6 is 0 Å². The summed E-state index contributed by atoms with van der Waals surface area (Å²) in [4.78, 5) is 15.0. The van der Waals surface area contributed by atoms with Gasteiger partial charge in [0, 0.05) is 5.69 Å². The molecular formula is C10H10N2O2. The topological polar surface area (TPSA) is 63.0 Å². The molecule has 1 heterocycles. The molecule has 0 amide bonds. The SMILES string of the molecule is COC(=O)Cc1ccc(C)nc1C#N. The van der Waals surface area contributed by atoms with Gasteiger partial charge in [0.2, 0.25) is 0 Å². The van der Waals surface area contributed by atoms with E-state index in [9.17, 15) is 4.79 Å². The molecule has 0 aromatic carbocycles. The van der Waals surface area contributed by atoms with Crippen molar-refractivity contribution in [3.8, 4) is 6.07 Å². The maximum absolute atomic E-state index is 11.0. The Kier molecular flexibility index (Phi) is 3.19. The Labute approximate surface area is 82.1 Å². The van der Waals surface area contributed by atoms with Crippen molar-refractivity contribution in [3.63, 3.8) is 0 Å². The molecule has 4 nitrogen and oxygen atoms in total. The third kappa shape index (κ3) is 2.30. The second-order valence-corrected chi connectivity index (χ2v) is 2.83. The number of pyridine rings is 1. The average Bonchev–Trinajstić information content (AvgIpc) is 2.20. The third-order valence-electron chi connectivity index (χ3n) is 1.79. The third-order valence-corrected chi connectivity index (χ3v) is 1.79. The molecule has 0 radical (unpaired) electrons. The van der Waals surface area contributed by atoms with Gasteiger partial charge in [-0.2, -0.15) is 5.26 Å². The monoisotopic (exact) mass is 190 g/mol. The predicted molar refractivity (Wildman–Crippen MR) is 49.4 cm³/mol. The van der Waals surface area contributed by atoms with E-state index in [0.29, 0.717) is 5.56 Å². The molecule has 0 aliphatic heterocycles. The molecule has 0 atom stereocenters. The summed E-state index contributed by atoms with van der Waals surface area (Å²) in [6, 6.07) is 5.43. The van der Waals surface area contributed by atoms with Crippen molar-refractivity contribution in [2.75, 3.05) is 7.11 Å². The lowest BCUT2D eigenvalue weighted by Gasteiger charge is -2.02. The van der Waals surface area contributed by atoms with E-state index in [4.69, 9.17) is 5.26 Å². The number of rotatable bonds is 2. The molecule has 0 saturated carbocycles. The molecule has 0 N–H and O–H groups in total. The fraction of sp³-hybridized carbons (Fsp3) is 0.300. The Balaban J connectivity index is 2.98. The van der Waals surface area contributed by atoms with E-state index < -0.39 is 0 Å². The van der Waals surface area contributed by atoms with Crippen molar-refractivity contribution in [3.05, 3.63) is 29.1 Å². The number of hydrogen-bond acceptors (Lipinski definition) is 4. The van der Waals surface area contributed by atoms with Crippen molar-refractivity contribution in [2.45, 2.75) is 13.3 Å². The number of ether oxygens (including phenoxy) is 1. The van der Waals surface area contributed by atoms with Crippen LogP contribution < -0.4 is 0 Å².